The zero-order chi connectivity index (χ0) is 13.8. The highest BCUT2D eigenvalue weighted by Crippen LogP contribution is 2.23. The fraction of sp³-hybridized carbons (Fsp3) is 0.429. The van der Waals surface area contributed by atoms with Crippen molar-refractivity contribution < 1.29 is 9.21 Å². The molecule has 1 amide bonds. The molecule has 0 spiro atoms. The van der Waals surface area contributed by atoms with E-state index < -0.39 is 0 Å². The molecule has 2 aromatic heterocycles. The molecule has 1 atom stereocenters. The smallest absolute Gasteiger partial charge is 0.237 e. The molecule has 2 aromatic rings. The molecule has 106 valence electrons. The van der Waals surface area contributed by atoms with E-state index in [1.54, 1.807) is 6.26 Å². The molecule has 3 rings (SSSR count). The molecular formula is C14H17N3O2S. The number of amides is 1. The first-order valence-corrected chi connectivity index (χ1v) is 7.70. The Balaban J connectivity index is 1.54. The Labute approximate surface area is 121 Å². The van der Waals surface area contributed by atoms with Crippen LogP contribution in [-0.2, 0) is 11.3 Å². The number of aromatic nitrogens is 1. The SMILES string of the molecule is O=C(NCc1csc(-c2ccco2)n1)C1CCCCN1. The number of hydrogen-bond donors (Lipinski definition) is 2. The van der Waals surface area contributed by atoms with Gasteiger partial charge >= 0.3 is 0 Å². The van der Waals surface area contributed by atoms with E-state index >= 15 is 0 Å². The van der Waals surface area contributed by atoms with Gasteiger partial charge in [0.2, 0.25) is 5.91 Å². The Morgan fingerprint density at radius 1 is 1.55 bits per heavy atom. The summed E-state index contributed by atoms with van der Waals surface area (Å²) < 4.78 is 5.30. The molecule has 1 aliphatic heterocycles. The average molecular weight is 291 g/mol. The maximum atomic E-state index is 12.0. The molecule has 3 heterocycles. The quantitative estimate of drug-likeness (QED) is 0.906. The summed E-state index contributed by atoms with van der Waals surface area (Å²) in [6, 6.07) is 3.67. The summed E-state index contributed by atoms with van der Waals surface area (Å²) in [5.41, 5.74) is 0.866. The lowest BCUT2D eigenvalue weighted by atomic mass is 10.0. The maximum Gasteiger partial charge on any atom is 0.237 e. The largest absolute Gasteiger partial charge is 0.462 e. The van der Waals surface area contributed by atoms with Gasteiger partial charge in [-0.05, 0) is 31.5 Å². The highest BCUT2D eigenvalue weighted by Gasteiger charge is 2.20. The monoisotopic (exact) mass is 291 g/mol. The van der Waals surface area contributed by atoms with Crippen LogP contribution in [0.25, 0.3) is 10.8 Å². The summed E-state index contributed by atoms with van der Waals surface area (Å²) >= 11 is 1.52. The molecule has 6 heteroatoms. The second kappa shape index (κ2) is 6.19. The minimum atomic E-state index is -0.0491. The van der Waals surface area contributed by atoms with Crippen LogP contribution in [0.15, 0.2) is 28.2 Å². The van der Waals surface area contributed by atoms with Crippen molar-refractivity contribution in [3.05, 3.63) is 29.5 Å². The Kier molecular flexibility index (Phi) is 4.13. The van der Waals surface area contributed by atoms with Crippen molar-refractivity contribution in [2.24, 2.45) is 0 Å². The second-order valence-electron chi connectivity index (χ2n) is 4.84. The summed E-state index contributed by atoms with van der Waals surface area (Å²) in [7, 11) is 0. The van der Waals surface area contributed by atoms with Crippen molar-refractivity contribution >= 4 is 17.2 Å². The second-order valence-corrected chi connectivity index (χ2v) is 5.70. The van der Waals surface area contributed by atoms with Crippen LogP contribution in [0.4, 0.5) is 0 Å². The minimum absolute atomic E-state index is 0.0491. The van der Waals surface area contributed by atoms with Crippen molar-refractivity contribution in [2.75, 3.05) is 6.54 Å². The number of carbonyl (C=O) groups is 1. The third kappa shape index (κ3) is 3.08. The minimum Gasteiger partial charge on any atom is -0.462 e. The Morgan fingerprint density at radius 3 is 3.25 bits per heavy atom. The molecule has 1 aliphatic rings. The molecule has 0 saturated carbocycles. The number of rotatable bonds is 4. The third-order valence-corrected chi connectivity index (χ3v) is 4.26. The molecule has 0 bridgehead atoms. The molecule has 20 heavy (non-hydrogen) atoms. The third-order valence-electron chi connectivity index (χ3n) is 3.35. The lowest BCUT2D eigenvalue weighted by Crippen LogP contribution is -2.46. The van der Waals surface area contributed by atoms with Gasteiger partial charge in [-0.15, -0.1) is 11.3 Å². The van der Waals surface area contributed by atoms with Gasteiger partial charge in [-0.2, -0.15) is 0 Å². The van der Waals surface area contributed by atoms with Crippen molar-refractivity contribution in [3.8, 4) is 10.8 Å². The molecule has 1 saturated heterocycles. The first-order chi connectivity index (χ1) is 9.83. The van der Waals surface area contributed by atoms with Crippen LogP contribution in [0.2, 0.25) is 0 Å². The van der Waals surface area contributed by atoms with Crippen molar-refractivity contribution in [2.45, 2.75) is 31.8 Å². The van der Waals surface area contributed by atoms with E-state index in [9.17, 15) is 4.79 Å². The number of nitrogens with one attached hydrogen (secondary N) is 2. The highest BCUT2D eigenvalue weighted by molar-refractivity contribution is 7.13. The van der Waals surface area contributed by atoms with Crippen LogP contribution in [0.3, 0.4) is 0 Å². The molecule has 1 fully saturated rings. The van der Waals surface area contributed by atoms with E-state index in [-0.39, 0.29) is 11.9 Å². The zero-order valence-electron chi connectivity index (χ0n) is 11.1. The van der Waals surface area contributed by atoms with Gasteiger partial charge in [0.25, 0.3) is 0 Å². The van der Waals surface area contributed by atoms with Gasteiger partial charge in [-0.25, -0.2) is 4.98 Å². The molecule has 2 N–H and O–H groups in total. The van der Waals surface area contributed by atoms with Crippen LogP contribution in [0.1, 0.15) is 25.0 Å². The predicted octanol–water partition coefficient (Wildman–Crippen LogP) is 2.16. The number of thiazole rings is 1. The molecule has 1 unspecified atom stereocenters. The number of piperidine rings is 1. The Hall–Kier alpha value is -1.66. The van der Waals surface area contributed by atoms with Crippen LogP contribution in [0, 0.1) is 0 Å². The molecule has 5 nitrogen and oxygen atoms in total. The summed E-state index contributed by atoms with van der Waals surface area (Å²) in [6.07, 6.45) is 4.82. The Morgan fingerprint density at radius 2 is 2.50 bits per heavy atom. The van der Waals surface area contributed by atoms with E-state index in [2.05, 4.69) is 15.6 Å². The van der Waals surface area contributed by atoms with Crippen molar-refractivity contribution in [1.29, 1.82) is 0 Å². The van der Waals surface area contributed by atoms with E-state index in [0.717, 1.165) is 42.3 Å². The van der Waals surface area contributed by atoms with Gasteiger partial charge in [-0.3, -0.25) is 4.79 Å². The standard InChI is InChI=1S/C14H17N3O2S/c18-13(11-4-1-2-6-15-11)16-8-10-9-20-14(17-10)12-5-3-7-19-12/h3,5,7,9,11,15H,1-2,4,6,8H2,(H,16,18). The van der Waals surface area contributed by atoms with Gasteiger partial charge in [0, 0.05) is 5.38 Å². The van der Waals surface area contributed by atoms with Gasteiger partial charge in [0.1, 0.15) is 0 Å². The Bertz CT molecular complexity index is 559. The molecule has 0 aliphatic carbocycles. The first-order valence-electron chi connectivity index (χ1n) is 6.82. The van der Waals surface area contributed by atoms with Crippen molar-refractivity contribution in [3.63, 3.8) is 0 Å². The summed E-state index contributed by atoms with van der Waals surface area (Å²) in [4.78, 5) is 16.4. The van der Waals surface area contributed by atoms with Crippen LogP contribution in [0.5, 0.6) is 0 Å². The lowest BCUT2D eigenvalue weighted by Gasteiger charge is -2.22. The van der Waals surface area contributed by atoms with E-state index in [1.807, 2.05) is 17.5 Å². The fourth-order valence-electron chi connectivity index (χ4n) is 2.28. The van der Waals surface area contributed by atoms with Gasteiger partial charge in [0.05, 0.1) is 24.5 Å². The normalized spacial score (nSPS) is 18.9. The number of furan rings is 1. The zero-order valence-corrected chi connectivity index (χ0v) is 11.9. The van der Waals surface area contributed by atoms with Crippen LogP contribution < -0.4 is 10.6 Å². The molecule has 0 aromatic carbocycles. The fourth-order valence-corrected chi connectivity index (χ4v) is 3.06. The summed E-state index contributed by atoms with van der Waals surface area (Å²) in [6.45, 7) is 1.39. The number of hydrogen-bond acceptors (Lipinski definition) is 5. The van der Waals surface area contributed by atoms with Crippen LogP contribution >= 0.6 is 11.3 Å². The molecular weight excluding hydrogens is 274 g/mol. The van der Waals surface area contributed by atoms with Crippen molar-refractivity contribution in [1.82, 2.24) is 15.6 Å². The lowest BCUT2D eigenvalue weighted by molar-refractivity contribution is -0.123. The van der Waals surface area contributed by atoms with E-state index in [1.165, 1.54) is 11.3 Å². The van der Waals surface area contributed by atoms with Gasteiger partial charge < -0.3 is 15.1 Å². The van der Waals surface area contributed by atoms with Gasteiger partial charge in [-0.1, -0.05) is 6.42 Å². The average Bonchev–Trinajstić information content (AvgIpc) is 3.16. The summed E-state index contributed by atoms with van der Waals surface area (Å²) in [5, 5.41) is 8.97. The van der Waals surface area contributed by atoms with E-state index in [4.69, 9.17) is 4.42 Å². The van der Waals surface area contributed by atoms with Crippen LogP contribution in [-0.4, -0.2) is 23.5 Å². The van der Waals surface area contributed by atoms with Gasteiger partial charge in [0.15, 0.2) is 10.8 Å². The first kappa shape index (κ1) is 13.3. The maximum absolute atomic E-state index is 12.0. The number of nitrogens with zero attached hydrogens (tertiary/aromatic N) is 1. The number of carbonyl (C=O) groups excluding carboxylic acids is 1. The van der Waals surface area contributed by atoms with E-state index in [0.29, 0.717) is 6.54 Å². The predicted molar refractivity (Wildman–Crippen MR) is 77.3 cm³/mol. The highest BCUT2D eigenvalue weighted by atomic mass is 32.1. The molecule has 0 radical (unpaired) electrons. The topological polar surface area (TPSA) is 67.2 Å². The summed E-state index contributed by atoms with van der Waals surface area (Å²) in [5.74, 6) is 0.832.